The van der Waals surface area contributed by atoms with Crippen LogP contribution in [0.5, 0.6) is 0 Å². The number of anilines is 1. The molecule has 128 valence electrons. The van der Waals surface area contributed by atoms with Gasteiger partial charge in [-0.1, -0.05) is 6.42 Å². The van der Waals surface area contributed by atoms with E-state index in [2.05, 4.69) is 10.4 Å². The zero-order chi connectivity index (χ0) is 16.4. The highest BCUT2D eigenvalue weighted by molar-refractivity contribution is 5.88. The first-order chi connectivity index (χ1) is 11.1. The van der Waals surface area contributed by atoms with E-state index in [9.17, 15) is 9.90 Å². The molecule has 2 N–H and O–H groups in total. The Balaban J connectivity index is 1.57. The Morgan fingerprint density at radius 2 is 2.04 bits per heavy atom. The number of aliphatic hydroxyl groups excluding tert-OH is 1. The number of urea groups is 1. The maximum atomic E-state index is 12.5. The van der Waals surface area contributed by atoms with E-state index in [1.54, 1.807) is 4.68 Å². The van der Waals surface area contributed by atoms with E-state index in [1.807, 2.05) is 25.1 Å². The van der Waals surface area contributed by atoms with E-state index < -0.39 is 0 Å². The molecule has 1 aromatic rings. The first kappa shape index (κ1) is 16.3. The van der Waals surface area contributed by atoms with Gasteiger partial charge in [-0.2, -0.15) is 5.10 Å². The van der Waals surface area contributed by atoms with Crippen molar-refractivity contribution in [2.45, 2.75) is 56.9 Å². The van der Waals surface area contributed by atoms with Crippen LogP contribution in [0.4, 0.5) is 10.6 Å². The number of aromatic nitrogens is 2. The summed E-state index contributed by atoms with van der Waals surface area (Å²) in [5, 5.41) is 16.7. The van der Waals surface area contributed by atoms with Gasteiger partial charge in [-0.3, -0.25) is 10.00 Å². The van der Waals surface area contributed by atoms with Crippen molar-refractivity contribution in [2.75, 3.05) is 19.0 Å². The van der Waals surface area contributed by atoms with Crippen LogP contribution in [0, 0.1) is 5.92 Å². The molecule has 23 heavy (non-hydrogen) atoms. The van der Waals surface area contributed by atoms with E-state index in [0.29, 0.717) is 11.8 Å². The van der Waals surface area contributed by atoms with Gasteiger partial charge in [-0.15, -0.1) is 0 Å². The Hall–Kier alpha value is -1.56. The summed E-state index contributed by atoms with van der Waals surface area (Å²) in [6.45, 7) is 0.265. The number of hydrogen-bond donors (Lipinski definition) is 2. The molecule has 1 heterocycles. The molecule has 3 rings (SSSR count). The number of amides is 2. The van der Waals surface area contributed by atoms with Crippen LogP contribution >= 0.6 is 0 Å². The third kappa shape index (κ3) is 3.52. The first-order valence-corrected chi connectivity index (χ1v) is 8.77. The largest absolute Gasteiger partial charge is 0.396 e. The summed E-state index contributed by atoms with van der Waals surface area (Å²) in [4.78, 5) is 14.3. The lowest BCUT2D eigenvalue weighted by atomic mass is 9.83. The van der Waals surface area contributed by atoms with Gasteiger partial charge in [-0.25, -0.2) is 4.79 Å². The topological polar surface area (TPSA) is 70.4 Å². The van der Waals surface area contributed by atoms with Crippen molar-refractivity contribution in [2.24, 2.45) is 13.0 Å². The molecule has 6 heteroatoms. The minimum atomic E-state index is -0.0689. The summed E-state index contributed by atoms with van der Waals surface area (Å²) < 4.78 is 1.77. The zero-order valence-electron chi connectivity index (χ0n) is 14.2. The average Bonchev–Trinajstić information content (AvgIpc) is 2.85. The molecule has 0 atom stereocenters. The normalized spacial score (nSPS) is 25.0. The molecular formula is C17H28N4O2. The predicted octanol–water partition coefficient (Wildman–Crippen LogP) is 2.70. The lowest BCUT2D eigenvalue weighted by Gasteiger charge is -2.34. The van der Waals surface area contributed by atoms with E-state index in [0.717, 1.165) is 37.2 Å². The second-order valence-electron chi connectivity index (χ2n) is 7.10. The van der Waals surface area contributed by atoms with Crippen LogP contribution in [-0.4, -0.2) is 45.5 Å². The number of hydrogen-bond acceptors (Lipinski definition) is 3. The number of carbonyl (C=O) groups excluding carboxylic acids is 1. The molecule has 0 spiro atoms. The third-order valence-electron chi connectivity index (χ3n) is 5.60. The van der Waals surface area contributed by atoms with Crippen LogP contribution in [0.15, 0.2) is 6.07 Å². The van der Waals surface area contributed by atoms with Crippen molar-refractivity contribution in [1.82, 2.24) is 14.7 Å². The van der Waals surface area contributed by atoms with Crippen molar-refractivity contribution < 1.29 is 9.90 Å². The first-order valence-electron chi connectivity index (χ1n) is 8.77. The van der Waals surface area contributed by atoms with E-state index in [4.69, 9.17) is 0 Å². The second kappa shape index (κ2) is 6.91. The fourth-order valence-electron chi connectivity index (χ4n) is 3.59. The summed E-state index contributed by atoms with van der Waals surface area (Å²) in [5.74, 6) is 1.75. The van der Waals surface area contributed by atoms with Crippen molar-refractivity contribution in [3.8, 4) is 0 Å². The number of rotatable bonds is 4. The molecule has 0 aromatic carbocycles. The molecular weight excluding hydrogens is 292 g/mol. The number of aliphatic hydroxyl groups is 1. The monoisotopic (exact) mass is 320 g/mol. The molecule has 2 fully saturated rings. The van der Waals surface area contributed by atoms with Gasteiger partial charge >= 0.3 is 6.03 Å². The molecule has 2 saturated carbocycles. The van der Waals surface area contributed by atoms with Gasteiger partial charge in [0, 0.05) is 38.7 Å². The fraction of sp³-hybridized carbons (Fsp3) is 0.765. The maximum Gasteiger partial charge on any atom is 0.322 e. The van der Waals surface area contributed by atoms with Crippen molar-refractivity contribution in [3.63, 3.8) is 0 Å². The number of nitrogens with one attached hydrogen (secondary N) is 1. The minimum Gasteiger partial charge on any atom is -0.396 e. The predicted molar refractivity (Wildman–Crippen MR) is 89.4 cm³/mol. The molecule has 2 aliphatic rings. The molecule has 2 amide bonds. The van der Waals surface area contributed by atoms with Gasteiger partial charge in [0.2, 0.25) is 0 Å². The lowest BCUT2D eigenvalue weighted by molar-refractivity contribution is 0.139. The number of aryl methyl sites for hydroxylation is 1. The molecule has 0 bridgehead atoms. The summed E-state index contributed by atoms with van der Waals surface area (Å²) in [6.07, 6.45) is 7.62. The van der Waals surface area contributed by atoms with E-state index in [-0.39, 0.29) is 18.7 Å². The molecule has 0 radical (unpaired) electrons. The van der Waals surface area contributed by atoms with Crippen LogP contribution in [0.3, 0.4) is 0 Å². The van der Waals surface area contributed by atoms with Crippen molar-refractivity contribution in [3.05, 3.63) is 11.8 Å². The average molecular weight is 320 g/mol. The highest BCUT2D eigenvalue weighted by Crippen LogP contribution is 2.36. The molecule has 1 aromatic heterocycles. The Labute approximate surface area is 137 Å². The zero-order valence-corrected chi connectivity index (χ0v) is 14.2. The summed E-state index contributed by atoms with van der Waals surface area (Å²) in [5.41, 5.74) is 1.10. The molecule has 0 unspecified atom stereocenters. The van der Waals surface area contributed by atoms with Crippen molar-refractivity contribution >= 4 is 11.8 Å². The molecule has 6 nitrogen and oxygen atoms in total. The van der Waals surface area contributed by atoms with Gasteiger partial charge in [-0.05, 0) is 44.4 Å². The summed E-state index contributed by atoms with van der Waals surface area (Å²) in [6, 6.07) is 2.20. The smallest absolute Gasteiger partial charge is 0.322 e. The highest BCUT2D eigenvalue weighted by Gasteiger charge is 2.27. The summed E-state index contributed by atoms with van der Waals surface area (Å²) in [7, 11) is 3.74. The Kier molecular flexibility index (Phi) is 4.90. The van der Waals surface area contributed by atoms with Crippen LogP contribution in [0.25, 0.3) is 0 Å². The number of nitrogens with zero attached hydrogens (tertiary/aromatic N) is 3. The second-order valence-corrected chi connectivity index (χ2v) is 7.10. The Morgan fingerprint density at radius 1 is 1.35 bits per heavy atom. The van der Waals surface area contributed by atoms with Gasteiger partial charge in [0.05, 0.1) is 5.69 Å². The van der Waals surface area contributed by atoms with Gasteiger partial charge in [0.1, 0.15) is 5.82 Å². The number of carbonyl (C=O) groups is 1. The van der Waals surface area contributed by atoms with Crippen LogP contribution in [0.1, 0.15) is 56.6 Å². The quantitative estimate of drug-likeness (QED) is 0.896. The third-order valence-corrected chi connectivity index (χ3v) is 5.60. The minimum absolute atomic E-state index is 0.0689. The lowest BCUT2D eigenvalue weighted by Crippen LogP contribution is -2.42. The Bertz CT molecular complexity index is 545. The fourth-order valence-corrected chi connectivity index (χ4v) is 3.59. The Morgan fingerprint density at radius 3 is 2.61 bits per heavy atom. The molecule has 0 saturated heterocycles. The molecule has 0 aliphatic heterocycles. The maximum absolute atomic E-state index is 12.5. The van der Waals surface area contributed by atoms with Gasteiger partial charge < -0.3 is 10.0 Å². The van der Waals surface area contributed by atoms with Gasteiger partial charge in [0.25, 0.3) is 0 Å². The van der Waals surface area contributed by atoms with E-state index >= 15 is 0 Å². The molecule has 2 aliphatic carbocycles. The van der Waals surface area contributed by atoms with Crippen molar-refractivity contribution in [1.29, 1.82) is 0 Å². The van der Waals surface area contributed by atoms with Crippen LogP contribution < -0.4 is 5.32 Å². The van der Waals surface area contributed by atoms with Crippen LogP contribution in [-0.2, 0) is 7.05 Å². The SMILES string of the molecule is CN(C(=O)Nc1cc(C2CCC2)nn1C)C1CCC(CO)CC1. The van der Waals surface area contributed by atoms with E-state index in [1.165, 1.54) is 19.3 Å². The summed E-state index contributed by atoms with van der Waals surface area (Å²) >= 11 is 0. The van der Waals surface area contributed by atoms with Gasteiger partial charge in [0.15, 0.2) is 0 Å². The standard InChI is InChI=1S/C17H28N4O2/c1-20(14-8-6-12(11-22)7-9-14)17(23)18-16-10-15(19-21(16)2)13-4-3-5-13/h10,12-14,22H,3-9,11H2,1-2H3,(H,18,23). The highest BCUT2D eigenvalue weighted by atomic mass is 16.3. The van der Waals surface area contributed by atoms with Crippen LogP contribution in [0.2, 0.25) is 0 Å².